The SMILES string of the molecule is [2H]C([2H])(OC(=O)N[C@@H](CC(C)C)C(=O)C[C@@H](C[C@@H]1CCNC1=O)C(O)S(=O)(=O)O)c1ccccc1. The molecular weight excluding hydrogens is 452 g/mol. The normalized spacial score (nSPS) is 20.3. The Balaban J connectivity index is 2.16. The van der Waals surface area contributed by atoms with Crippen LogP contribution in [-0.4, -0.2) is 53.9 Å². The standard InChI is InChI=1S/C22H32N2O8S/c1-14(2)10-18(24-22(28)32-13-15-6-4-3-5-7-15)19(25)12-17(21(27)33(29,30)31)11-16-8-9-23-20(16)26/h3-7,14,16-18,21,27H,8-13H2,1-2H3,(H,23,26)(H,24,28)(H,29,30,31)/t16-,17+,18-,21?/m0/s1/i13D2. The fourth-order valence-electron chi connectivity index (χ4n) is 3.71. The number of benzene rings is 1. The van der Waals surface area contributed by atoms with Crippen molar-refractivity contribution >= 4 is 27.9 Å². The van der Waals surface area contributed by atoms with E-state index in [1.807, 2.05) is 0 Å². The van der Waals surface area contributed by atoms with E-state index >= 15 is 0 Å². The van der Waals surface area contributed by atoms with Gasteiger partial charge < -0.3 is 20.5 Å². The van der Waals surface area contributed by atoms with Crippen molar-refractivity contribution in [1.29, 1.82) is 0 Å². The minimum atomic E-state index is -4.92. The number of alkyl carbamates (subject to hydrolysis) is 1. The van der Waals surface area contributed by atoms with Gasteiger partial charge >= 0.3 is 6.09 Å². The maximum absolute atomic E-state index is 13.1. The van der Waals surface area contributed by atoms with Gasteiger partial charge in [0.1, 0.15) is 6.56 Å². The molecule has 2 rings (SSSR count). The lowest BCUT2D eigenvalue weighted by Crippen LogP contribution is -2.44. The number of ether oxygens (including phenoxy) is 1. The highest BCUT2D eigenvalue weighted by Crippen LogP contribution is 2.27. The van der Waals surface area contributed by atoms with Crippen LogP contribution >= 0.6 is 0 Å². The molecule has 10 nitrogen and oxygen atoms in total. The van der Waals surface area contributed by atoms with Gasteiger partial charge in [0, 0.05) is 24.8 Å². The molecule has 1 fully saturated rings. The third kappa shape index (κ3) is 8.75. The number of carbonyl (C=O) groups excluding carboxylic acids is 3. The van der Waals surface area contributed by atoms with E-state index in [2.05, 4.69) is 10.6 Å². The van der Waals surface area contributed by atoms with Crippen molar-refractivity contribution in [2.75, 3.05) is 6.54 Å². The van der Waals surface area contributed by atoms with Crippen LogP contribution in [0.1, 0.15) is 47.8 Å². The second-order valence-corrected chi connectivity index (χ2v) is 10.0. The van der Waals surface area contributed by atoms with Crippen LogP contribution in [0.2, 0.25) is 0 Å². The molecule has 11 heteroatoms. The van der Waals surface area contributed by atoms with Crippen molar-refractivity contribution in [3.8, 4) is 0 Å². The Morgan fingerprint density at radius 3 is 2.52 bits per heavy atom. The molecule has 2 amide bonds. The second-order valence-electron chi connectivity index (χ2n) is 8.53. The third-order valence-electron chi connectivity index (χ3n) is 5.35. The summed E-state index contributed by atoms with van der Waals surface area (Å²) >= 11 is 0. The van der Waals surface area contributed by atoms with Gasteiger partial charge in [0.05, 0.1) is 8.78 Å². The molecule has 1 aliphatic rings. The monoisotopic (exact) mass is 486 g/mol. The Labute approximate surface area is 196 Å². The largest absolute Gasteiger partial charge is 0.445 e. The molecule has 4 atom stereocenters. The minimum Gasteiger partial charge on any atom is -0.445 e. The number of hydrogen-bond acceptors (Lipinski definition) is 7. The molecule has 4 N–H and O–H groups in total. The fraction of sp³-hybridized carbons (Fsp3) is 0.591. The average Bonchev–Trinajstić information content (AvgIpc) is 3.15. The zero-order valence-electron chi connectivity index (χ0n) is 20.6. The Hall–Kier alpha value is -2.50. The van der Waals surface area contributed by atoms with Crippen LogP contribution in [0.5, 0.6) is 0 Å². The number of amides is 2. The number of carbonyl (C=O) groups is 3. The van der Waals surface area contributed by atoms with E-state index in [0.29, 0.717) is 13.0 Å². The first kappa shape index (κ1) is 23.7. The summed E-state index contributed by atoms with van der Waals surface area (Å²) in [6, 6.07) is 6.51. The first-order valence-corrected chi connectivity index (χ1v) is 12.2. The summed E-state index contributed by atoms with van der Waals surface area (Å²) in [5.74, 6) is -3.02. The lowest BCUT2D eigenvalue weighted by Gasteiger charge is -2.25. The number of nitrogens with one attached hydrogen (secondary N) is 2. The Morgan fingerprint density at radius 1 is 1.30 bits per heavy atom. The lowest BCUT2D eigenvalue weighted by molar-refractivity contribution is -0.125. The predicted octanol–water partition coefficient (Wildman–Crippen LogP) is 1.64. The van der Waals surface area contributed by atoms with Crippen LogP contribution in [0, 0.1) is 17.8 Å². The van der Waals surface area contributed by atoms with Crippen LogP contribution < -0.4 is 10.6 Å². The number of Topliss-reactive ketones (excluding diaryl/α,β-unsaturated/α-hetero) is 1. The van der Waals surface area contributed by atoms with Crippen molar-refractivity contribution in [2.45, 2.75) is 57.6 Å². The number of ketones is 1. The molecule has 1 aromatic rings. The predicted molar refractivity (Wildman–Crippen MR) is 119 cm³/mol. The summed E-state index contributed by atoms with van der Waals surface area (Å²) in [7, 11) is -4.92. The molecule has 184 valence electrons. The molecule has 1 aliphatic heterocycles. The van der Waals surface area contributed by atoms with E-state index in [1.165, 1.54) is 12.1 Å². The van der Waals surface area contributed by atoms with E-state index in [4.69, 9.17) is 7.48 Å². The zero-order valence-corrected chi connectivity index (χ0v) is 19.4. The molecular formula is C22H32N2O8S. The van der Waals surface area contributed by atoms with E-state index < -0.39 is 58.3 Å². The van der Waals surface area contributed by atoms with E-state index in [-0.39, 0.29) is 30.2 Å². The van der Waals surface area contributed by atoms with Gasteiger partial charge in [-0.2, -0.15) is 8.42 Å². The van der Waals surface area contributed by atoms with Crippen molar-refractivity contribution in [1.82, 2.24) is 10.6 Å². The number of aliphatic hydroxyl groups excluding tert-OH is 1. The molecule has 1 aromatic carbocycles. The highest BCUT2D eigenvalue weighted by molar-refractivity contribution is 7.86. The molecule has 0 bridgehead atoms. The fourth-order valence-corrected chi connectivity index (χ4v) is 4.40. The maximum atomic E-state index is 13.1. The molecule has 1 heterocycles. The summed E-state index contributed by atoms with van der Waals surface area (Å²) in [4.78, 5) is 37.5. The summed E-state index contributed by atoms with van der Waals surface area (Å²) in [5.41, 5.74) is -2.20. The van der Waals surface area contributed by atoms with Crippen molar-refractivity contribution < 1.29 is 39.9 Å². The molecule has 33 heavy (non-hydrogen) atoms. The van der Waals surface area contributed by atoms with E-state index in [1.54, 1.807) is 32.0 Å². The van der Waals surface area contributed by atoms with Crippen molar-refractivity contribution in [3.63, 3.8) is 0 Å². The number of aliphatic hydroxyl groups is 1. The van der Waals surface area contributed by atoms with Gasteiger partial charge in [-0.25, -0.2) is 4.79 Å². The maximum Gasteiger partial charge on any atom is 0.408 e. The van der Waals surface area contributed by atoms with Gasteiger partial charge in [-0.15, -0.1) is 0 Å². The van der Waals surface area contributed by atoms with Gasteiger partial charge in [0.2, 0.25) is 5.91 Å². The summed E-state index contributed by atoms with van der Waals surface area (Å²) in [6.45, 7) is 1.46. The van der Waals surface area contributed by atoms with Gasteiger partial charge in [-0.05, 0) is 30.7 Å². The summed E-state index contributed by atoms with van der Waals surface area (Å²) in [6.07, 6.45) is -1.39. The summed E-state index contributed by atoms with van der Waals surface area (Å²) in [5, 5.41) is 15.1. The van der Waals surface area contributed by atoms with Gasteiger partial charge in [0.25, 0.3) is 10.1 Å². The molecule has 0 spiro atoms. The smallest absolute Gasteiger partial charge is 0.408 e. The van der Waals surface area contributed by atoms with Crippen LogP contribution in [-0.2, 0) is 31.0 Å². The van der Waals surface area contributed by atoms with Crippen LogP contribution in [0.25, 0.3) is 0 Å². The number of hydrogen-bond donors (Lipinski definition) is 4. The minimum absolute atomic E-state index is 0.0908. The van der Waals surface area contributed by atoms with Gasteiger partial charge in [0.15, 0.2) is 11.2 Å². The van der Waals surface area contributed by atoms with E-state index in [9.17, 15) is 32.5 Å². The zero-order chi connectivity index (χ0) is 26.4. The molecule has 1 saturated heterocycles. The van der Waals surface area contributed by atoms with E-state index in [0.717, 1.165) is 0 Å². The van der Waals surface area contributed by atoms with Crippen LogP contribution in [0.15, 0.2) is 30.3 Å². The van der Waals surface area contributed by atoms with Crippen LogP contribution in [0.3, 0.4) is 0 Å². The van der Waals surface area contributed by atoms with Gasteiger partial charge in [-0.3, -0.25) is 14.1 Å². The average molecular weight is 487 g/mol. The molecule has 0 radical (unpaired) electrons. The molecule has 0 aromatic heterocycles. The Kier molecular flexibility index (Phi) is 8.67. The Morgan fingerprint density at radius 2 is 1.97 bits per heavy atom. The first-order chi connectivity index (χ1) is 16.2. The highest BCUT2D eigenvalue weighted by Gasteiger charge is 2.38. The highest BCUT2D eigenvalue weighted by atomic mass is 32.2. The number of rotatable bonds is 12. The third-order valence-corrected chi connectivity index (χ3v) is 6.34. The quantitative estimate of drug-likeness (QED) is 0.324. The Bertz CT molecular complexity index is 1000. The molecule has 1 unspecified atom stereocenters. The lowest BCUT2D eigenvalue weighted by atomic mass is 9.87. The van der Waals surface area contributed by atoms with Crippen LogP contribution in [0.4, 0.5) is 4.79 Å². The van der Waals surface area contributed by atoms with Gasteiger partial charge in [-0.1, -0.05) is 44.2 Å². The van der Waals surface area contributed by atoms with Crippen molar-refractivity contribution in [3.05, 3.63) is 35.9 Å². The molecule has 0 aliphatic carbocycles. The van der Waals surface area contributed by atoms with Crippen molar-refractivity contribution in [2.24, 2.45) is 17.8 Å². The summed E-state index contributed by atoms with van der Waals surface area (Å²) < 4.78 is 53.5. The molecule has 0 saturated carbocycles. The first-order valence-electron chi connectivity index (χ1n) is 11.7. The second kappa shape index (κ2) is 12.1. The topological polar surface area (TPSA) is 159 Å².